The summed E-state index contributed by atoms with van der Waals surface area (Å²) in [6.45, 7) is 3.54. The normalized spacial score (nSPS) is 16.1. The van der Waals surface area contributed by atoms with Crippen molar-refractivity contribution in [2.75, 3.05) is 43.1 Å². The topological polar surface area (TPSA) is 81.5 Å². The number of fused-ring (bicyclic) bond motifs is 1. The third-order valence-corrected chi connectivity index (χ3v) is 7.66. The van der Waals surface area contributed by atoms with Gasteiger partial charge in [-0.3, -0.25) is 4.79 Å². The van der Waals surface area contributed by atoms with Crippen molar-refractivity contribution in [2.24, 2.45) is 5.92 Å². The van der Waals surface area contributed by atoms with E-state index in [1.165, 1.54) is 16.9 Å². The zero-order valence-electron chi connectivity index (χ0n) is 21.4. The van der Waals surface area contributed by atoms with E-state index in [4.69, 9.17) is 21.2 Å². The van der Waals surface area contributed by atoms with E-state index in [1.54, 1.807) is 18.3 Å². The van der Waals surface area contributed by atoms with Gasteiger partial charge < -0.3 is 19.8 Å². The molecule has 0 spiro atoms. The molecule has 2 aromatic heterocycles. The summed E-state index contributed by atoms with van der Waals surface area (Å²) in [6.07, 6.45) is 5.99. The largest absolute Gasteiger partial charge is 0.408 e. The third kappa shape index (κ3) is 5.42. The Hall–Kier alpha value is -3.69. The Labute approximate surface area is 230 Å². The van der Waals surface area contributed by atoms with Gasteiger partial charge in [0.25, 0.3) is 5.56 Å². The molecule has 0 bridgehead atoms. The van der Waals surface area contributed by atoms with Gasteiger partial charge in [0, 0.05) is 41.6 Å². The number of ether oxygens (including phenoxy) is 1. The highest BCUT2D eigenvalue weighted by Crippen LogP contribution is 2.30. The van der Waals surface area contributed by atoms with E-state index in [1.807, 2.05) is 24.3 Å². The fourth-order valence-corrected chi connectivity index (χ4v) is 5.51. The SMILES string of the molecule is O=c1c(-c2c(F)cccc2Cl)cc2cnc(Nc3ccc(N4CCOCC4)cc3)nc2n1OCC1CCCC1. The molecule has 202 valence electrons. The molecule has 0 atom stereocenters. The summed E-state index contributed by atoms with van der Waals surface area (Å²) in [4.78, 5) is 31.1. The van der Waals surface area contributed by atoms with Crippen LogP contribution in [0, 0.1) is 11.7 Å². The number of halogens is 2. The van der Waals surface area contributed by atoms with Gasteiger partial charge in [-0.05, 0) is 61.2 Å². The maximum absolute atomic E-state index is 14.8. The van der Waals surface area contributed by atoms with Crippen molar-refractivity contribution >= 4 is 40.0 Å². The molecule has 6 rings (SSSR count). The number of rotatable bonds is 7. The minimum absolute atomic E-state index is 0.0341. The van der Waals surface area contributed by atoms with E-state index in [9.17, 15) is 9.18 Å². The van der Waals surface area contributed by atoms with Crippen LogP contribution in [0.2, 0.25) is 5.02 Å². The smallest absolute Gasteiger partial charge is 0.293 e. The fourth-order valence-electron chi connectivity index (χ4n) is 5.25. The number of nitrogens with one attached hydrogen (secondary N) is 1. The molecule has 3 heterocycles. The first kappa shape index (κ1) is 25.6. The Bertz CT molecular complexity index is 1510. The first-order chi connectivity index (χ1) is 19.1. The number of nitrogens with zero attached hydrogens (tertiary/aromatic N) is 4. The van der Waals surface area contributed by atoms with Crippen LogP contribution in [0.1, 0.15) is 25.7 Å². The second-order valence-electron chi connectivity index (χ2n) is 9.94. The van der Waals surface area contributed by atoms with Gasteiger partial charge >= 0.3 is 0 Å². The van der Waals surface area contributed by atoms with Gasteiger partial charge in [0.15, 0.2) is 5.65 Å². The van der Waals surface area contributed by atoms with Crippen LogP contribution in [-0.2, 0) is 4.74 Å². The summed E-state index contributed by atoms with van der Waals surface area (Å²) in [5.41, 5.74) is 1.84. The van der Waals surface area contributed by atoms with E-state index >= 15 is 0 Å². The average Bonchev–Trinajstić information content (AvgIpc) is 3.48. The van der Waals surface area contributed by atoms with Crippen molar-refractivity contribution in [1.82, 2.24) is 14.7 Å². The predicted molar refractivity (Wildman–Crippen MR) is 150 cm³/mol. The lowest BCUT2D eigenvalue weighted by Crippen LogP contribution is -2.36. The maximum Gasteiger partial charge on any atom is 0.293 e. The quantitative estimate of drug-likeness (QED) is 0.328. The van der Waals surface area contributed by atoms with Gasteiger partial charge in [-0.15, -0.1) is 4.73 Å². The molecule has 10 heteroatoms. The molecule has 8 nitrogen and oxygen atoms in total. The molecular formula is C29H29ClFN5O3. The lowest BCUT2D eigenvalue weighted by molar-refractivity contribution is 0.0825. The molecule has 1 aliphatic carbocycles. The zero-order valence-corrected chi connectivity index (χ0v) is 22.2. The number of pyridine rings is 1. The molecule has 1 saturated carbocycles. The highest BCUT2D eigenvalue weighted by atomic mass is 35.5. The molecule has 1 aliphatic heterocycles. The predicted octanol–water partition coefficient (Wildman–Crippen LogP) is 5.45. The summed E-state index contributed by atoms with van der Waals surface area (Å²) >= 11 is 6.32. The number of benzene rings is 2. The molecule has 2 aliphatic rings. The molecule has 1 N–H and O–H groups in total. The van der Waals surface area contributed by atoms with Crippen LogP contribution < -0.4 is 20.6 Å². The highest BCUT2D eigenvalue weighted by molar-refractivity contribution is 6.33. The first-order valence-electron chi connectivity index (χ1n) is 13.3. The van der Waals surface area contributed by atoms with E-state index < -0.39 is 11.4 Å². The Morgan fingerprint density at radius 3 is 2.62 bits per heavy atom. The summed E-state index contributed by atoms with van der Waals surface area (Å²) in [5, 5.41) is 3.90. The molecular weight excluding hydrogens is 521 g/mol. The minimum atomic E-state index is -0.582. The Morgan fingerprint density at radius 2 is 1.87 bits per heavy atom. The van der Waals surface area contributed by atoms with Crippen molar-refractivity contribution in [3.63, 3.8) is 0 Å². The summed E-state index contributed by atoms with van der Waals surface area (Å²) in [5.74, 6) is 0.0917. The van der Waals surface area contributed by atoms with Crippen LogP contribution in [0.3, 0.4) is 0 Å². The summed E-state index contributed by atoms with van der Waals surface area (Å²) in [7, 11) is 0. The van der Waals surface area contributed by atoms with Crippen LogP contribution in [-0.4, -0.2) is 47.6 Å². The Morgan fingerprint density at radius 1 is 1.10 bits per heavy atom. The van der Waals surface area contributed by atoms with Gasteiger partial charge in [-0.2, -0.15) is 4.98 Å². The Kier molecular flexibility index (Phi) is 7.34. The summed E-state index contributed by atoms with van der Waals surface area (Å²) < 4.78 is 21.4. The standard InChI is InChI=1S/C29H29ClFN5O3/c30-24-6-3-7-25(31)26(24)23-16-20-17-32-29(33-21-8-10-22(11-9-21)35-12-14-38-15-13-35)34-27(20)36(28(23)37)39-18-19-4-1-2-5-19/h3,6-11,16-17,19H,1-2,4-5,12-15,18H2,(H,32,33,34). The van der Waals surface area contributed by atoms with Gasteiger partial charge in [0.2, 0.25) is 5.95 Å². The van der Waals surface area contributed by atoms with Gasteiger partial charge in [-0.1, -0.05) is 30.5 Å². The number of hydrogen-bond acceptors (Lipinski definition) is 7. The lowest BCUT2D eigenvalue weighted by Gasteiger charge is -2.28. The third-order valence-electron chi connectivity index (χ3n) is 7.35. The lowest BCUT2D eigenvalue weighted by atomic mass is 10.1. The molecule has 39 heavy (non-hydrogen) atoms. The van der Waals surface area contributed by atoms with Gasteiger partial charge in [0.1, 0.15) is 12.4 Å². The monoisotopic (exact) mass is 549 g/mol. The molecule has 0 unspecified atom stereocenters. The highest BCUT2D eigenvalue weighted by Gasteiger charge is 2.21. The molecule has 2 fully saturated rings. The molecule has 1 saturated heterocycles. The molecule has 0 radical (unpaired) electrons. The van der Waals surface area contributed by atoms with Crippen LogP contribution >= 0.6 is 11.6 Å². The number of morpholine rings is 1. The van der Waals surface area contributed by atoms with Crippen molar-refractivity contribution in [1.29, 1.82) is 0 Å². The van der Waals surface area contributed by atoms with E-state index in [-0.39, 0.29) is 16.1 Å². The van der Waals surface area contributed by atoms with Crippen LogP contribution in [0.15, 0.2) is 59.5 Å². The van der Waals surface area contributed by atoms with Crippen molar-refractivity contribution in [2.45, 2.75) is 25.7 Å². The van der Waals surface area contributed by atoms with E-state index in [2.05, 4.69) is 20.2 Å². The van der Waals surface area contributed by atoms with Crippen LogP contribution in [0.25, 0.3) is 22.2 Å². The van der Waals surface area contributed by atoms with Gasteiger partial charge in [-0.25, -0.2) is 9.37 Å². The van der Waals surface area contributed by atoms with E-state index in [0.717, 1.165) is 63.4 Å². The molecule has 4 aromatic rings. The maximum atomic E-state index is 14.8. The number of anilines is 3. The van der Waals surface area contributed by atoms with Gasteiger partial charge in [0.05, 0.1) is 23.8 Å². The van der Waals surface area contributed by atoms with Crippen LogP contribution in [0.4, 0.5) is 21.7 Å². The molecule has 0 amide bonds. The summed E-state index contributed by atoms with van der Waals surface area (Å²) in [6, 6.07) is 13.9. The molecule has 2 aromatic carbocycles. The Balaban J connectivity index is 1.35. The van der Waals surface area contributed by atoms with Crippen molar-refractivity contribution < 1.29 is 14.0 Å². The second-order valence-corrected chi connectivity index (χ2v) is 10.4. The van der Waals surface area contributed by atoms with Crippen molar-refractivity contribution in [3.05, 3.63) is 75.9 Å². The van der Waals surface area contributed by atoms with E-state index in [0.29, 0.717) is 29.5 Å². The minimum Gasteiger partial charge on any atom is -0.408 e. The number of aromatic nitrogens is 3. The number of hydrogen-bond donors (Lipinski definition) is 1. The average molecular weight is 550 g/mol. The second kappa shape index (κ2) is 11.2. The van der Waals surface area contributed by atoms with Crippen molar-refractivity contribution in [3.8, 4) is 11.1 Å². The first-order valence-corrected chi connectivity index (χ1v) is 13.6. The zero-order chi connectivity index (χ0) is 26.8. The van der Waals surface area contributed by atoms with Crippen LogP contribution in [0.5, 0.6) is 0 Å². The fraction of sp³-hybridized carbons (Fsp3) is 0.345.